The summed E-state index contributed by atoms with van der Waals surface area (Å²) in [6, 6.07) is 24.6. The van der Waals surface area contributed by atoms with Crippen LogP contribution in [-0.4, -0.2) is 4.98 Å². The first-order valence-electron chi connectivity index (χ1n) is 14.3. The molecule has 1 aliphatic rings. The van der Waals surface area contributed by atoms with Gasteiger partial charge in [-0.25, -0.2) is 0 Å². The molecule has 0 fully saturated rings. The summed E-state index contributed by atoms with van der Waals surface area (Å²) in [5.41, 5.74) is 8.69. The predicted octanol–water partition coefficient (Wildman–Crippen LogP) is 10.6. The molecular formula is C37H37NO. The average Bonchev–Trinajstić information content (AvgIpc) is 3.27. The number of rotatable bonds is 1. The molecule has 0 saturated carbocycles. The highest BCUT2D eigenvalue weighted by Crippen LogP contribution is 2.49. The summed E-state index contributed by atoms with van der Waals surface area (Å²) in [7, 11) is 0. The van der Waals surface area contributed by atoms with E-state index in [2.05, 4.69) is 115 Å². The average molecular weight is 512 g/mol. The topological polar surface area (TPSA) is 26.0 Å². The largest absolute Gasteiger partial charge is 0.456 e. The first-order valence-corrected chi connectivity index (χ1v) is 14.3. The van der Waals surface area contributed by atoms with E-state index in [0.29, 0.717) is 0 Å². The molecule has 0 bridgehead atoms. The van der Waals surface area contributed by atoms with Crippen LogP contribution in [0.4, 0.5) is 0 Å². The molecule has 0 unspecified atom stereocenters. The van der Waals surface area contributed by atoms with Gasteiger partial charge >= 0.3 is 0 Å². The van der Waals surface area contributed by atoms with Gasteiger partial charge in [0.1, 0.15) is 11.2 Å². The van der Waals surface area contributed by atoms with Gasteiger partial charge in [0.15, 0.2) is 0 Å². The van der Waals surface area contributed by atoms with Crippen molar-refractivity contribution < 1.29 is 4.42 Å². The molecule has 196 valence electrons. The van der Waals surface area contributed by atoms with Crippen molar-refractivity contribution in [2.45, 2.75) is 77.6 Å². The third-order valence-corrected chi connectivity index (χ3v) is 9.29. The van der Waals surface area contributed by atoms with Crippen molar-refractivity contribution in [3.05, 3.63) is 89.6 Å². The molecule has 4 aromatic carbocycles. The molecule has 2 heteroatoms. The molecule has 0 atom stereocenters. The van der Waals surface area contributed by atoms with Crippen molar-refractivity contribution in [1.82, 2.24) is 4.98 Å². The normalized spacial score (nSPS) is 16.8. The lowest BCUT2D eigenvalue weighted by Crippen LogP contribution is -2.33. The van der Waals surface area contributed by atoms with Crippen LogP contribution in [0.3, 0.4) is 0 Å². The fraction of sp³-hybridized carbons (Fsp3) is 0.324. The van der Waals surface area contributed by atoms with Crippen LogP contribution in [0.25, 0.3) is 54.7 Å². The predicted molar refractivity (Wildman–Crippen MR) is 166 cm³/mol. The Kier molecular flexibility index (Phi) is 4.97. The Morgan fingerprint density at radius 1 is 0.692 bits per heavy atom. The van der Waals surface area contributed by atoms with E-state index in [0.717, 1.165) is 22.4 Å². The molecular weight excluding hydrogens is 474 g/mol. The maximum absolute atomic E-state index is 6.53. The molecule has 0 spiro atoms. The second-order valence-corrected chi connectivity index (χ2v) is 14.0. The van der Waals surface area contributed by atoms with Crippen molar-refractivity contribution in [3.8, 4) is 11.3 Å². The first-order chi connectivity index (χ1) is 18.4. The minimum absolute atomic E-state index is 0.0217. The van der Waals surface area contributed by atoms with E-state index < -0.39 is 0 Å². The Bertz CT molecular complexity index is 1940. The third kappa shape index (κ3) is 3.64. The van der Waals surface area contributed by atoms with Crippen LogP contribution in [0.15, 0.2) is 77.3 Å². The van der Waals surface area contributed by atoms with Gasteiger partial charge in [-0.1, -0.05) is 72.7 Å². The van der Waals surface area contributed by atoms with Crippen LogP contribution in [0.2, 0.25) is 0 Å². The van der Waals surface area contributed by atoms with Gasteiger partial charge in [-0.15, -0.1) is 0 Å². The zero-order chi connectivity index (χ0) is 27.3. The van der Waals surface area contributed by atoms with Crippen LogP contribution in [0.5, 0.6) is 0 Å². The van der Waals surface area contributed by atoms with Gasteiger partial charge in [0.2, 0.25) is 0 Å². The maximum Gasteiger partial charge on any atom is 0.136 e. The van der Waals surface area contributed by atoms with Gasteiger partial charge in [0.25, 0.3) is 0 Å². The van der Waals surface area contributed by atoms with E-state index in [4.69, 9.17) is 9.40 Å². The summed E-state index contributed by atoms with van der Waals surface area (Å²) in [5.74, 6) is 0. The number of nitrogens with zero attached hydrogens (tertiary/aromatic N) is 1. The number of furan rings is 1. The number of pyridine rings is 1. The van der Waals surface area contributed by atoms with Gasteiger partial charge in [-0.2, -0.15) is 0 Å². The Labute approximate surface area is 231 Å². The van der Waals surface area contributed by atoms with Gasteiger partial charge in [-0.05, 0) is 104 Å². The van der Waals surface area contributed by atoms with E-state index in [1.165, 1.54) is 61.8 Å². The smallest absolute Gasteiger partial charge is 0.136 e. The summed E-state index contributed by atoms with van der Waals surface area (Å²) >= 11 is 0. The third-order valence-electron chi connectivity index (χ3n) is 9.29. The number of hydrogen-bond donors (Lipinski definition) is 0. The molecule has 0 radical (unpaired) electrons. The van der Waals surface area contributed by atoms with Gasteiger partial charge in [0, 0.05) is 27.9 Å². The fourth-order valence-corrected chi connectivity index (χ4v) is 6.89. The summed E-state index contributed by atoms with van der Waals surface area (Å²) in [6.07, 6.45) is 4.35. The molecule has 2 aromatic heterocycles. The Morgan fingerprint density at radius 2 is 1.41 bits per heavy atom. The SMILES string of the molecule is CC(C)(C)c1cc(-c2nccc3c2ccc2oc4cc5c(cc4c23)C(C)(C)CCC5(C)C)cc2ccccc12. The van der Waals surface area contributed by atoms with Gasteiger partial charge in [-0.3, -0.25) is 4.98 Å². The van der Waals surface area contributed by atoms with Crippen molar-refractivity contribution >= 4 is 43.5 Å². The van der Waals surface area contributed by atoms with Crippen molar-refractivity contribution in [2.24, 2.45) is 0 Å². The van der Waals surface area contributed by atoms with Crippen LogP contribution in [-0.2, 0) is 16.2 Å². The number of aromatic nitrogens is 1. The molecule has 0 saturated heterocycles. The minimum atomic E-state index is 0.0217. The van der Waals surface area contributed by atoms with Gasteiger partial charge < -0.3 is 4.42 Å². The van der Waals surface area contributed by atoms with E-state index in [-0.39, 0.29) is 16.2 Å². The van der Waals surface area contributed by atoms with E-state index in [1.807, 2.05) is 6.20 Å². The second-order valence-electron chi connectivity index (χ2n) is 14.0. The number of benzene rings is 4. The molecule has 2 heterocycles. The summed E-state index contributed by atoms with van der Waals surface area (Å²) in [4.78, 5) is 4.96. The lowest BCUT2D eigenvalue weighted by molar-refractivity contribution is 0.332. The monoisotopic (exact) mass is 511 g/mol. The van der Waals surface area contributed by atoms with Crippen molar-refractivity contribution in [1.29, 1.82) is 0 Å². The molecule has 6 aromatic rings. The number of fused-ring (bicyclic) bond motifs is 7. The van der Waals surface area contributed by atoms with Crippen LogP contribution >= 0.6 is 0 Å². The second kappa shape index (κ2) is 7.94. The zero-order valence-corrected chi connectivity index (χ0v) is 24.2. The highest BCUT2D eigenvalue weighted by molar-refractivity contribution is 6.20. The molecule has 1 aliphatic carbocycles. The van der Waals surface area contributed by atoms with Crippen LogP contribution in [0, 0.1) is 0 Å². The van der Waals surface area contributed by atoms with Crippen molar-refractivity contribution in [2.75, 3.05) is 0 Å². The van der Waals surface area contributed by atoms with E-state index in [1.54, 1.807) is 0 Å². The van der Waals surface area contributed by atoms with Gasteiger partial charge in [0.05, 0.1) is 5.69 Å². The van der Waals surface area contributed by atoms with Crippen molar-refractivity contribution in [3.63, 3.8) is 0 Å². The van der Waals surface area contributed by atoms with Crippen LogP contribution < -0.4 is 0 Å². The Balaban J connectivity index is 1.53. The van der Waals surface area contributed by atoms with Crippen LogP contribution in [0.1, 0.15) is 78.0 Å². The molecule has 0 aliphatic heterocycles. The zero-order valence-electron chi connectivity index (χ0n) is 24.2. The molecule has 39 heavy (non-hydrogen) atoms. The quantitative estimate of drug-likeness (QED) is 0.219. The Morgan fingerprint density at radius 3 is 2.15 bits per heavy atom. The standard InChI is InChI=1S/C37H37NO/c1-35(2,3)28-19-23(18-22-10-8-9-11-24(22)28)34-26-12-13-31-33(25(26)14-17-38-34)27-20-29-30(21-32(27)39-31)37(6,7)16-15-36(29,4)5/h8-14,17-21H,15-16H2,1-7H3. The number of hydrogen-bond acceptors (Lipinski definition) is 2. The molecule has 2 nitrogen and oxygen atoms in total. The van der Waals surface area contributed by atoms with E-state index in [9.17, 15) is 0 Å². The fourth-order valence-electron chi connectivity index (χ4n) is 6.89. The molecule has 0 N–H and O–H groups in total. The Hall–Kier alpha value is -3.65. The summed E-state index contributed by atoms with van der Waals surface area (Å²) in [6.45, 7) is 16.4. The summed E-state index contributed by atoms with van der Waals surface area (Å²) in [5, 5.41) is 7.35. The lowest BCUT2D eigenvalue weighted by Gasteiger charge is -2.41. The first kappa shape index (κ1) is 24.4. The lowest BCUT2D eigenvalue weighted by atomic mass is 9.63. The highest BCUT2D eigenvalue weighted by atomic mass is 16.3. The maximum atomic E-state index is 6.53. The minimum Gasteiger partial charge on any atom is -0.456 e. The summed E-state index contributed by atoms with van der Waals surface area (Å²) < 4.78 is 6.53. The molecule has 7 rings (SSSR count). The van der Waals surface area contributed by atoms with E-state index >= 15 is 0 Å². The highest BCUT2D eigenvalue weighted by Gasteiger charge is 2.37. The molecule has 0 amide bonds.